The Morgan fingerprint density at radius 3 is 2.45 bits per heavy atom. The number of nitrogens with zero attached hydrogens (tertiary/aromatic N) is 1. The van der Waals surface area contributed by atoms with Gasteiger partial charge in [-0.15, -0.1) is 0 Å². The fraction of sp³-hybridized carbons (Fsp3) is 0.200. The second kappa shape index (κ2) is 5.54. The molecule has 0 aliphatic heterocycles. The maximum atomic E-state index is 12.4. The van der Waals surface area contributed by atoms with Crippen LogP contribution in [0, 0.1) is 0 Å². The first kappa shape index (κ1) is 14.4. The molecule has 2 aromatic rings. The van der Waals surface area contributed by atoms with Gasteiger partial charge in [-0.25, -0.2) is 12.4 Å². The molecule has 0 atom stereocenters. The average Bonchev–Trinajstić information content (AvgIpc) is 2.92. The van der Waals surface area contributed by atoms with Crippen molar-refractivity contribution < 1.29 is 13.2 Å². The van der Waals surface area contributed by atoms with Crippen LogP contribution in [0.3, 0.4) is 0 Å². The number of hydrogen-bond donors (Lipinski definition) is 0. The van der Waals surface area contributed by atoms with E-state index >= 15 is 0 Å². The van der Waals surface area contributed by atoms with Gasteiger partial charge in [0.1, 0.15) is 5.75 Å². The minimum atomic E-state index is -3.56. The van der Waals surface area contributed by atoms with Crippen LogP contribution in [0.1, 0.15) is 19.4 Å². The highest BCUT2D eigenvalue weighted by molar-refractivity contribution is 7.90. The van der Waals surface area contributed by atoms with E-state index < -0.39 is 10.0 Å². The second-order valence-corrected chi connectivity index (χ2v) is 6.43. The van der Waals surface area contributed by atoms with Crippen molar-refractivity contribution >= 4 is 16.1 Å². The summed E-state index contributed by atoms with van der Waals surface area (Å²) >= 11 is 0. The summed E-state index contributed by atoms with van der Waals surface area (Å²) < 4.78 is 31.6. The van der Waals surface area contributed by atoms with Crippen molar-refractivity contribution in [2.75, 3.05) is 0 Å². The van der Waals surface area contributed by atoms with E-state index in [9.17, 15) is 8.42 Å². The third-order valence-corrected chi connectivity index (χ3v) is 4.36. The molecule has 0 bridgehead atoms. The van der Waals surface area contributed by atoms with Gasteiger partial charge in [0, 0.05) is 18.0 Å². The summed E-state index contributed by atoms with van der Waals surface area (Å²) in [6.45, 7) is 7.53. The minimum Gasteiger partial charge on any atom is -0.490 e. The number of aromatic nitrogens is 1. The first-order valence-corrected chi connectivity index (χ1v) is 7.71. The molecular weight excluding hydrogens is 274 g/mol. The molecule has 5 heteroatoms. The van der Waals surface area contributed by atoms with Gasteiger partial charge in [-0.1, -0.05) is 12.7 Å². The van der Waals surface area contributed by atoms with Crippen LogP contribution in [0.4, 0.5) is 0 Å². The molecule has 1 aromatic carbocycles. The van der Waals surface area contributed by atoms with Crippen LogP contribution in [-0.2, 0) is 10.0 Å². The zero-order valence-electron chi connectivity index (χ0n) is 11.5. The zero-order valence-corrected chi connectivity index (χ0v) is 12.3. The standard InChI is InChI=1S/C15H17NO3S/c1-4-13-11-14(7-8-15(13)19-12(2)3)20(17,18)16-9-5-6-10-16/h4-12H,1H2,2-3H3. The Morgan fingerprint density at radius 1 is 1.25 bits per heavy atom. The van der Waals surface area contributed by atoms with Gasteiger partial charge in [0.25, 0.3) is 10.0 Å². The van der Waals surface area contributed by atoms with Crippen molar-refractivity contribution in [2.24, 2.45) is 0 Å². The van der Waals surface area contributed by atoms with Gasteiger partial charge >= 0.3 is 0 Å². The van der Waals surface area contributed by atoms with E-state index in [0.717, 1.165) is 0 Å². The van der Waals surface area contributed by atoms with Gasteiger partial charge in [-0.2, -0.15) is 0 Å². The maximum Gasteiger partial charge on any atom is 0.267 e. The highest BCUT2D eigenvalue weighted by Gasteiger charge is 2.17. The third-order valence-electron chi connectivity index (χ3n) is 2.72. The van der Waals surface area contributed by atoms with Crippen molar-refractivity contribution in [1.29, 1.82) is 0 Å². The fourth-order valence-corrected chi connectivity index (χ4v) is 3.03. The monoisotopic (exact) mass is 291 g/mol. The Kier molecular flexibility index (Phi) is 3.99. The van der Waals surface area contributed by atoms with Gasteiger partial charge in [0.05, 0.1) is 11.0 Å². The molecule has 4 nitrogen and oxygen atoms in total. The predicted molar refractivity (Wildman–Crippen MR) is 79.3 cm³/mol. The van der Waals surface area contributed by atoms with Crippen LogP contribution in [-0.4, -0.2) is 18.5 Å². The Bertz CT molecular complexity index is 701. The van der Waals surface area contributed by atoms with E-state index in [2.05, 4.69) is 6.58 Å². The first-order valence-electron chi connectivity index (χ1n) is 6.27. The molecule has 20 heavy (non-hydrogen) atoms. The quantitative estimate of drug-likeness (QED) is 0.850. The van der Waals surface area contributed by atoms with Gasteiger partial charge in [-0.3, -0.25) is 0 Å². The zero-order chi connectivity index (χ0) is 14.8. The van der Waals surface area contributed by atoms with Gasteiger partial charge in [0.15, 0.2) is 0 Å². The Hall–Kier alpha value is -2.01. The van der Waals surface area contributed by atoms with Crippen LogP contribution in [0.25, 0.3) is 6.08 Å². The number of benzene rings is 1. The van der Waals surface area contributed by atoms with Crippen molar-refractivity contribution in [3.05, 3.63) is 54.9 Å². The minimum absolute atomic E-state index is 0.0144. The summed E-state index contributed by atoms with van der Waals surface area (Å²) in [6, 6.07) is 8.11. The van der Waals surface area contributed by atoms with Crippen molar-refractivity contribution in [3.8, 4) is 5.75 Å². The first-order chi connectivity index (χ1) is 9.45. The van der Waals surface area contributed by atoms with Crippen LogP contribution < -0.4 is 4.74 Å². The molecule has 0 radical (unpaired) electrons. The summed E-state index contributed by atoms with van der Waals surface area (Å²) in [7, 11) is -3.56. The molecule has 0 saturated heterocycles. The molecule has 0 unspecified atom stereocenters. The number of rotatable bonds is 5. The Morgan fingerprint density at radius 2 is 1.90 bits per heavy atom. The number of ether oxygens (including phenoxy) is 1. The van der Waals surface area contributed by atoms with Crippen LogP contribution in [0.15, 0.2) is 54.2 Å². The van der Waals surface area contributed by atoms with Crippen LogP contribution in [0.2, 0.25) is 0 Å². The molecule has 0 aliphatic rings. The largest absolute Gasteiger partial charge is 0.490 e. The van der Waals surface area contributed by atoms with E-state index in [1.165, 1.54) is 16.4 Å². The molecule has 0 amide bonds. The molecule has 2 rings (SSSR count). The van der Waals surface area contributed by atoms with E-state index in [-0.39, 0.29) is 11.0 Å². The fourth-order valence-electron chi connectivity index (χ4n) is 1.81. The predicted octanol–water partition coefficient (Wildman–Crippen LogP) is 3.16. The van der Waals surface area contributed by atoms with Crippen molar-refractivity contribution in [2.45, 2.75) is 24.8 Å². The lowest BCUT2D eigenvalue weighted by molar-refractivity contribution is 0.242. The van der Waals surface area contributed by atoms with E-state index in [4.69, 9.17) is 4.74 Å². The van der Waals surface area contributed by atoms with Crippen molar-refractivity contribution in [3.63, 3.8) is 0 Å². The van der Waals surface area contributed by atoms with Crippen LogP contribution in [0.5, 0.6) is 5.75 Å². The van der Waals surface area contributed by atoms with Gasteiger partial charge in [0.2, 0.25) is 0 Å². The second-order valence-electron chi connectivity index (χ2n) is 4.59. The maximum absolute atomic E-state index is 12.4. The van der Waals surface area contributed by atoms with Gasteiger partial charge in [-0.05, 0) is 44.2 Å². The molecule has 0 spiro atoms. The Labute approximate surface area is 119 Å². The lowest BCUT2D eigenvalue weighted by Gasteiger charge is -2.14. The summed E-state index contributed by atoms with van der Waals surface area (Å²) in [5, 5.41) is 0. The highest BCUT2D eigenvalue weighted by Crippen LogP contribution is 2.25. The molecule has 1 heterocycles. The molecule has 0 saturated carbocycles. The summed E-state index contributed by atoms with van der Waals surface area (Å²) in [5.41, 5.74) is 0.659. The lowest BCUT2D eigenvalue weighted by atomic mass is 10.2. The smallest absolute Gasteiger partial charge is 0.267 e. The normalized spacial score (nSPS) is 11.6. The molecule has 1 aromatic heterocycles. The highest BCUT2D eigenvalue weighted by atomic mass is 32.2. The topological polar surface area (TPSA) is 48.3 Å². The SMILES string of the molecule is C=Cc1cc(S(=O)(=O)n2cccc2)ccc1OC(C)C. The lowest BCUT2D eigenvalue weighted by Crippen LogP contribution is -2.12. The van der Waals surface area contributed by atoms with Crippen molar-refractivity contribution in [1.82, 2.24) is 3.97 Å². The summed E-state index contributed by atoms with van der Waals surface area (Å²) in [6.07, 6.45) is 4.61. The third kappa shape index (κ3) is 2.77. The molecule has 0 fully saturated rings. The molecular formula is C15H17NO3S. The van der Waals surface area contributed by atoms with Crippen LogP contribution >= 0.6 is 0 Å². The van der Waals surface area contributed by atoms with Gasteiger partial charge < -0.3 is 4.74 Å². The van der Waals surface area contributed by atoms with E-state index in [1.807, 2.05) is 13.8 Å². The summed E-state index contributed by atoms with van der Waals surface area (Å²) in [4.78, 5) is 0.208. The average molecular weight is 291 g/mol. The molecule has 0 N–H and O–H groups in total. The van der Waals surface area contributed by atoms with E-state index in [1.54, 1.807) is 36.4 Å². The molecule has 106 valence electrons. The number of hydrogen-bond acceptors (Lipinski definition) is 3. The van der Waals surface area contributed by atoms with E-state index in [0.29, 0.717) is 11.3 Å². The molecule has 0 aliphatic carbocycles. The summed E-state index contributed by atoms with van der Waals surface area (Å²) in [5.74, 6) is 0.626. The Balaban J connectivity index is 2.47.